The van der Waals surface area contributed by atoms with Crippen molar-refractivity contribution in [3.8, 4) is 0 Å². The average molecular weight is 232 g/mol. The summed E-state index contributed by atoms with van der Waals surface area (Å²) >= 11 is 4.19. The van der Waals surface area contributed by atoms with Crippen LogP contribution in [0.15, 0.2) is 0 Å². The molecular formula is C13H28OS. The quantitative estimate of drug-likeness (QED) is 0.412. The molecule has 0 aromatic carbocycles. The first kappa shape index (κ1) is 15.3. The minimum absolute atomic E-state index is 0.787. The summed E-state index contributed by atoms with van der Waals surface area (Å²) in [6.45, 7) is 6.43. The molecule has 0 heterocycles. The highest BCUT2D eigenvalue weighted by atomic mass is 32.1. The SMILES string of the molecule is CCCCC(CC)COCCCCCS. The van der Waals surface area contributed by atoms with Crippen molar-refractivity contribution in [3.63, 3.8) is 0 Å². The van der Waals surface area contributed by atoms with Gasteiger partial charge < -0.3 is 4.74 Å². The van der Waals surface area contributed by atoms with Gasteiger partial charge in [-0.25, -0.2) is 0 Å². The fourth-order valence-electron chi connectivity index (χ4n) is 1.64. The van der Waals surface area contributed by atoms with E-state index in [2.05, 4.69) is 26.5 Å². The maximum Gasteiger partial charge on any atom is 0.0494 e. The second kappa shape index (κ2) is 12.4. The maximum absolute atomic E-state index is 5.71. The number of hydrogen-bond acceptors (Lipinski definition) is 2. The van der Waals surface area contributed by atoms with Crippen LogP contribution in [0, 0.1) is 5.92 Å². The summed E-state index contributed by atoms with van der Waals surface area (Å²) in [5.74, 6) is 1.79. The van der Waals surface area contributed by atoms with Gasteiger partial charge in [-0.1, -0.05) is 39.5 Å². The zero-order valence-corrected chi connectivity index (χ0v) is 11.4. The van der Waals surface area contributed by atoms with Crippen molar-refractivity contribution in [3.05, 3.63) is 0 Å². The van der Waals surface area contributed by atoms with Gasteiger partial charge in [0.2, 0.25) is 0 Å². The summed E-state index contributed by atoms with van der Waals surface area (Å²) in [6, 6.07) is 0. The van der Waals surface area contributed by atoms with E-state index in [1.54, 1.807) is 0 Å². The topological polar surface area (TPSA) is 9.23 Å². The van der Waals surface area contributed by atoms with Gasteiger partial charge in [0.15, 0.2) is 0 Å². The van der Waals surface area contributed by atoms with Crippen LogP contribution in [0.5, 0.6) is 0 Å². The molecule has 0 aliphatic carbocycles. The standard InChI is InChI=1S/C13H28OS/c1-3-5-9-13(4-2)12-14-10-7-6-8-11-15/h13,15H,3-12H2,1-2H3. The number of hydrogen-bond donors (Lipinski definition) is 1. The summed E-state index contributed by atoms with van der Waals surface area (Å²) in [7, 11) is 0. The van der Waals surface area contributed by atoms with Crippen LogP contribution in [0.25, 0.3) is 0 Å². The van der Waals surface area contributed by atoms with Gasteiger partial charge in [-0.3, -0.25) is 0 Å². The highest BCUT2D eigenvalue weighted by Gasteiger charge is 2.05. The molecular weight excluding hydrogens is 204 g/mol. The van der Waals surface area contributed by atoms with E-state index >= 15 is 0 Å². The van der Waals surface area contributed by atoms with E-state index in [1.807, 2.05) is 0 Å². The summed E-state index contributed by atoms with van der Waals surface area (Å²) in [5, 5.41) is 0. The summed E-state index contributed by atoms with van der Waals surface area (Å²) in [6.07, 6.45) is 8.93. The lowest BCUT2D eigenvalue weighted by atomic mass is 10.0. The predicted molar refractivity (Wildman–Crippen MR) is 71.8 cm³/mol. The van der Waals surface area contributed by atoms with E-state index in [-0.39, 0.29) is 0 Å². The summed E-state index contributed by atoms with van der Waals surface area (Å²) < 4.78 is 5.71. The van der Waals surface area contributed by atoms with Crippen LogP contribution in [-0.2, 0) is 4.74 Å². The Kier molecular flexibility index (Phi) is 12.6. The van der Waals surface area contributed by atoms with Gasteiger partial charge in [-0.2, -0.15) is 12.6 Å². The molecule has 0 N–H and O–H groups in total. The zero-order chi connectivity index (χ0) is 11.4. The van der Waals surface area contributed by atoms with Crippen LogP contribution in [0.2, 0.25) is 0 Å². The Hall–Kier alpha value is 0.310. The van der Waals surface area contributed by atoms with Gasteiger partial charge in [0, 0.05) is 13.2 Å². The van der Waals surface area contributed by atoms with Gasteiger partial charge in [0.05, 0.1) is 0 Å². The lowest BCUT2D eigenvalue weighted by Gasteiger charge is -2.14. The van der Waals surface area contributed by atoms with Crippen molar-refractivity contribution in [1.82, 2.24) is 0 Å². The maximum atomic E-state index is 5.71. The molecule has 1 nitrogen and oxygen atoms in total. The zero-order valence-electron chi connectivity index (χ0n) is 10.5. The fourth-order valence-corrected chi connectivity index (χ4v) is 1.86. The molecule has 0 fully saturated rings. The molecule has 0 aliphatic rings. The molecule has 0 aromatic rings. The molecule has 2 heteroatoms. The second-order valence-corrected chi connectivity index (χ2v) is 4.72. The Morgan fingerprint density at radius 3 is 2.47 bits per heavy atom. The molecule has 0 amide bonds. The summed E-state index contributed by atoms with van der Waals surface area (Å²) in [5.41, 5.74) is 0. The molecule has 0 aromatic heterocycles. The largest absolute Gasteiger partial charge is 0.381 e. The Morgan fingerprint density at radius 2 is 1.87 bits per heavy atom. The van der Waals surface area contributed by atoms with Gasteiger partial charge in [0.25, 0.3) is 0 Å². The smallest absolute Gasteiger partial charge is 0.0494 e. The molecule has 0 saturated carbocycles. The minimum atomic E-state index is 0.787. The van der Waals surface area contributed by atoms with E-state index in [1.165, 1.54) is 44.9 Å². The molecule has 1 atom stereocenters. The first-order valence-corrected chi connectivity index (χ1v) is 7.16. The van der Waals surface area contributed by atoms with Crippen LogP contribution in [0.1, 0.15) is 58.8 Å². The van der Waals surface area contributed by atoms with Gasteiger partial charge >= 0.3 is 0 Å². The third-order valence-corrected chi connectivity index (χ3v) is 3.16. The third-order valence-electron chi connectivity index (χ3n) is 2.84. The molecule has 0 bridgehead atoms. The van der Waals surface area contributed by atoms with Crippen LogP contribution >= 0.6 is 12.6 Å². The van der Waals surface area contributed by atoms with E-state index in [4.69, 9.17) is 4.74 Å². The summed E-state index contributed by atoms with van der Waals surface area (Å²) in [4.78, 5) is 0. The van der Waals surface area contributed by atoms with Crippen LogP contribution < -0.4 is 0 Å². The molecule has 0 spiro atoms. The highest BCUT2D eigenvalue weighted by molar-refractivity contribution is 7.80. The first-order valence-electron chi connectivity index (χ1n) is 6.53. The van der Waals surface area contributed by atoms with Gasteiger partial charge in [0.1, 0.15) is 0 Å². The molecule has 0 rings (SSSR count). The molecule has 0 radical (unpaired) electrons. The Balaban J connectivity index is 3.22. The normalized spacial score (nSPS) is 13.0. The number of unbranched alkanes of at least 4 members (excludes halogenated alkanes) is 3. The Bertz CT molecular complexity index is 117. The fraction of sp³-hybridized carbons (Fsp3) is 1.00. The number of rotatable bonds is 11. The average Bonchev–Trinajstić information content (AvgIpc) is 2.27. The Labute approximate surface area is 101 Å². The van der Waals surface area contributed by atoms with Crippen molar-refractivity contribution >= 4 is 12.6 Å². The number of ether oxygens (including phenoxy) is 1. The third kappa shape index (κ3) is 10.6. The first-order chi connectivity index (χ1) is 7.35. The van der Waals surface area contributed by atoms with Crippen molar-refractivity contribution in [1.29, 1.82) is 0 Å². The van der Waals surface area contributed by atoms with Crippen LogP contribution in [-0.4, -0.2) is 19.0 Å². The Morgan fingerprint density at radius 1 is 1.07 bits per heavy atom. The van der Waals surface area contributed by atoms with E-state index < -0.39 is 0 Å². The van der Waals surface area contributed by atoms with Gasteiger partial charge in [-0.05, 0) is 30.9 Å². The molecule has 0 aliphatic heterocycles. The van der Waals surface area contributed by atoms with Crippen molar-refractivity contribution in [2.24, 2.45) is 5.92 Å². The van der Waals surface area contributed by atoms with E-state index in [0.29, 0.717) is 0 Å². The molecule has 92 valence electrons. The van der Waals surface area contributed by atoms with Gasteiger partial charge in [-0.15, -0.1) is 0 Å². The molecule has 1 unspecified atom stereocenters. The molecule has 15 heavy (non-hydrogen) atoms. The van der Waals surface area contributed by atoms with Crippen molar-refractivity contribution < 1.29 is 4.74 Å². The van der Waals surface area contributed by atoms with Crippen LogP contribution in [0.4, 0.5) is 0 Å². The van der Waals surface area contributed by atoms with Crippen molar-refractivity contribution in [2.45, 2.75) is 58.8 Å². The van der Waals surface area contributed by atoms with E-state index in [9.17, 15) is 0 Å². The highest BCUT2D eigenvalue weighted by Crippen LogP contribution is 2.13. The molecule has 0 saturated heterocycles. The second-order valence-electron chi connectivity index (χ2n) is 4.28. The lowest BCUT2D eigenvalue weighted by molar-refractivity contribution is 0.0911. The number of thiol groups is 1. The predicted octanol–water partition coefficient (Wildman–Crippen LogP) is 4.32. The van der Waals surface area contributed by atoms with Crippen molar-refractivity contribution in [2.75, 3.05) is 19.0 Å². The monoisotopic (exact) mass is 232 g/mol. The minimum Gasteiger partial charge on any atom is -0.381 e. The van der Waals surface area contributed by atoms with E-state index in [0.717, 1.165) is 24.9 Å². The lowest BCUT2D eigenvalue weighted by Crippen LogP contribution is -2.09. The van der Waals surface area contributed by atoms with Crippen LogP contribution in [0.3, 0.4) is 0 Å².